The molecule has 0 atom stereocenters. The summed E-state index contributed by atoms with van der Waals surface area (Å²) in [7, 11) is 0. The van der Waals surface area contributed by atoms with E-state index in [0.717, 1.165) is 0 Å². The van der Waals surface area contributed by atoms with E-state index in [2.05, 4.69) is 0 Å². The van der Waals surface area contributed by atoms with Gasteiger partial charge in [-0.25, -0.2) is 0 Å². The molecular formula is FeNiSn2. The second-order valence-electron chi connectivity index (χ2n) is 0. The van der Waals surface area contributed by atoms with Crippen LogP contribution in [0.15, 0.2) is 0 Å². The van der Waals surface area contributed by atoms with Gasteiger partial charge < -0.3 is 0 Å². The van der Waals surface area contributed by atoms with E-state index in [-0.39, 0.29) is 81.4 Å². The summed E-state index contributed by atoms with van der Waals surface area (Å²) in [6, 6.07) is 0. The molecule has 0 bridgehead atoms. The van der Waals surface area contributed by atoms with Crippen LogP contribution in [-0.2, 0) is 33.6 Å². The SMILES string of the molecule is [Fe].[Ni].[Sn].[Sn]. The van der Waals surface area contributed by atoms with E-state index in [1.165, 1.54) is 0 Å². The summed E-state index contributed by atoms with van der Waals surface area (Å²) >= 11 is 0. The number of rotatable bonds is 0. The maximum Gasteiger partial charge on any atom is 0 e. The van der Waals surface area contributed by atoms with Crippen molar-refractivity contribution in [3.05, 3.63) is 0 Å². The zero-order valence-electron chi connectivity index (χ0n) is 1.67. The van der Waals surface area contributed by atoms with Gasteiger partial charge in [-0.15, -0.1) is 0 Å². The van der Waals surface area contributed by atoms with Gasteiger partial charge in [0.2, 0.25) is 0 Å². The molecule has 26 valence electrons. The van der Waals surface area contributed by atoms with Crippen LogP contribution in [0, 0.1) is 0 Å². The fourth-order valence-electron chi connectivity index (χ4n) is 0. The van der Waals surface area contributed by atoms with Gasteiger partial charge in [0, 0.05) is 81.4 Å². The molecule has 0 aliphatic heterocycles. The molecule has 0 fully saturated rings. The Balaban J connectivity index is 0. The molecule has 0 saturated carbocycles. The largest absolute Gasteiger partial charge is 0 e. The van der Waals surface area contributed by atoms with Gasteiger partial charge in [0.25, 0.3) is 0 Å². The van der Waals surface area contributed by atoms with Crippen LogP contribution in [0.1, 0.15) is 0 Å². The molecule has 0 aliphatic carbocycles. The fraction of sp³-hybridized carbons (Fsp3) is 0. The molecule has 8 radical (unpaired) electrons. The maximum atomic E-state index is 0. The third-order valence-corrected chi connectivity index (χ3v) is 0. The molecule has 0 nitrogen and oxygen atoms in total. The molecule has 0 spiro atoms. The van der Waals surface area contributed by atoms with E-state index >= 15 is 0 Å². The molecule has 4 heavy (non-hydrogen) atoms. The Morgan fingerprint density at radius 1 is 0.750 bits per heavy atom. The van der Waals surface area contributed by atoms with Crippen molar-refractivity contribution < 1.29 is 33.6 Å². The van der Waals surface area contributed by atoms with Crippen molar-refractivity contribution in [2.45, 2.75) is 0 Å². The van der Waals surface area contributed by atoms with E-state index in [9.17, 15) is 0 Å². The molecule has 0 rings (SSSR count). The van der Waals surface area contributed by atoms with Crippen molar-refractivity contribution >= 4 is 47.8 Å². The van der Waals surface area contributed by atoms with Crippen LogP contribution in [-0.4, -0.2) is 47.8 Å². The predicted molar refractivity (Wildman–Crippen MR) is 11.5 cm³/mol. The van der Waals surface area contributed by atoms with Crippen molar-refractivity contribution in [1.82, 2.24) is 0 Å². The standard InChI is InChI=1S/Fe.Ni.2Sn. The average molecular weight is 352 g/mol. The topological polar surface area (TPSA) is 0 Å². The van der Waals surface area contributed by atoms with Gasteiger partial charge in [-0.05, 0) is 0 Å². The zero-order chi connectivity index (χ0) is 0. The van der Waals surface area contributed by atoms with Crippen LogP contribution in [0.4, 0.5) is 0 Å². The summed E-state index contributed by atoms with van der Waals surface area (Å²) in [4.78, 5) is 0. The Morgan fingerprint density at radius 3 is 0.750 bits per heavy atom. The van der Waals surface area contributed by atoms with Crippen LogP contribution >= 0.6 is 0 Å². The van der Waals surface area contributed by atoms with Crippen LogP contribution < -0.4 is 0 Å². The van der Waals surface area contributed by atoms with E-state index in [1.807, 2.05) is 0 Å². The first-order valence-electron chi connectivity index (χ1n) is 0. The molecule has 0 aromatic heterocycles. The molecule has 0 aromatic rings. The van der Waals surface area contributed by atoms with Gasteiger partial charge in [0.1, 0.15) is 0 Å². The van der Waals surface area contributed by atoms with Crippen LogP contribution in [0.3, 0.4) is 0 Å². The van der Waals surface area contributed by atoms with Gasteiger partial charge in [0.15, 0.2) is 0 Å². The van der Waals surface area contributed by atoms with E-state index in [0.29, 0.717) is 0 Å². The van der Waals surface area contributed by atoms with Gasteiger partial charge in [0.05, 0.1) is 0 Å². The molecule has 0 N–H and O–H groups in total. The first-order chi connectivity index (χ1) is 0. The Hall–Kier alpha value is 2.61. The third-order valence-electron chi connectivity index (χ3n) is 0. The summed E-state index contributed by atoms with van der Waals surface area (Å²) in [6.07, 6.45) is 0. The molecule has 4 heteroatoms. The summed E-state index contributed by atoms with van der Waals surface area (Å²) in [5, 5.41) is 0. The molecule has 0 heterocycles. The molecule has 0 amide bonds. The van der Waals surface area contributed by atoms with Gasteiger partial charge >= 0.3 is 0 Å². The normalized spacial score (nSPS) is 0. The molecule has 0 aliphatic rings. The quantitative estimate of drug-likeness (QED) is 0.503. The minimum absolute atomic E-state index is 0. The average Bonchev–Trinajstić information content (AvgIpc) is 0. The number of hydrogen-bond acceptors (Lipinski definition) is 0. The number of hydrogen-bond donors (Lipinski definition) is 0. The van der Waals surface area contributed by atoms with Crippen molar-refractivity contribution in [1.29, 1.82) is 0 Å². The predicted octanol–water partition coefficient (Wildman–Crippen LogP) is -0.767. The molecule has 0 unspecified atom stereocenters. The fourth-order valence-corrected chi connectivity index (χ4v) is 0. The van der Waals surface area contributed by atoms with Crippen LogP contribution in [0.25, 0.3) is 0 Å². The Kier molecular flexibility index (Phi) is 134. The summed E-state index contributed by atoms with van der Waals surface area (Å²) in [5.74, 6) is 0. The van der Waals surface area contributed by atoms with Gasteiger partial charge in [-0.2, -0.15) is 0 Å². The van der Waals surface area contributed by atoms with Crippen LogP contribution in [0.2, 0.25) is 0 Å². The van der Waals surface area contributed by atoms with Crippen LogP contribution in [0.5, 0.6) is 0 Å². The summed E-state index contributed by atoms with van der Waals surface area (Å²) in [6.45, 7) is 0. The maximum absolute atomic E-state index is 0. The summed E-state index contributed by atoms with van der Waals surface area (Å²) < 4.78 is 0. The molecular weight excluding hydrogens is 352 g/mol. The van der Waals surface area contributed by atoms with E-state index in [1.54, 1.807) is 0 Å². The minimum Gasteiger partial charge on any atom is 0 e. The van der Waals surface area contributed by atoms with E-state index in [4.69, 9.17) is 0 Å². The van der Waals surface area contributed by atoms with Crippen molar-refractivity contribution in [3.8, 4) is 0 Å². The Labute approximate surface area is 80.2 Å². The summed E-state index contributed by atoms with van der Waals surface area (Å²) in [5.41, 5.74) is 0. The third kappa shape index (κ3) is 8.82. The Morgan fingerprint density at radius 2 is 0.750 bits per heavy atom. The second kappa shape index (κ2) is 17.5. The van der Waals surface area contributed by atoms with Crippen molar-refractivity contribution in [3.63, 3.8) is 0 Å². The van der Waals surface area contributed by atoms with Gasteiger partial charge in [-0.1, -0.05) is 0 Å². The van der Waals surface area contributed by atoms with Crippen molar-refractivity contribution in [2.24, 2.45) is 0 Å². The van der Waals surface area contributed by atoms with Crippen molar-refractivity contribution in [2.75, 3.05) is 0 Å². The first-order valence-corrected chi connectivity index (χ1v) is 0. The monoisotopic (exact) mass is 354 g/mol. The molecule has 0 aromatic carbocycles. The molecule has 0 saturated heterocycles. The smallest absolute Gasteiger partial charge is 0 e. The van der Waals surface area contributed by atoms with E-state index < -0.39 is 0 Å². The minimum atomic E-state index is 0. The second-order valence-corrected chi connectivity index (χ2v) is 0. The van der Waals surface area contributed by atoms with Gasteiger partial charge in [-0.3, -0.25) is 0 Å². The first kappa shape index (κ1) is 30.5. The Bertz CT molecular complexity index is 6.00. The zero-order valence-corrected chi connectivity index (χ0v) is 9.47.